The number of sulfonamides is 1. The van der Waals surface area contributed by atoms with Gasteiger partial charge in [0.05, 0.1) is 11.4 Å². The van der Waals surface area contributed by atoms with E-state index in [2.05, 4.69) is 25.6 Å². The molecule has 1 aromatic carbocycles. The van der Waals surface area contributed by atoms with Crippen LogP contribution in [-0.2, 0) is 16.6 Å². The number of aromatic nitrogens is 1. The molecule has 1 aromatic heterocycles. The molecule has 1 heterocycles. The Kier molecular flexibility index (Phi) is 4.53. The number of benzene rings is 1. The third-order valence-electron chi connectivity index (χ3n) is 2.31. The molecule has 0 fully saturated rings. The van der Waals surface area contributed by atoms with E-state index in [0.717, 1.165) is 11.3 Å². The van der Waals surface area contributed by atoms with Crippen LogP contribution in [0.3, 0.4) is 0 Å². The van der Waals surface area contributed by atoms with Crippen LogP contribution >= 0.6 is 27.3 Å². The van der Waals surface area contributed by atoms with Crippen LogP contribution in [-0.4, -0.2) is 24.5 Å². The van der Waals surface area contributed by atoms with E-state index < -0.39 is 16.0 Å². The van der Waals surface area contributed by atoms with Gasteiger partial charge in [-0.1, -0.05) is 12.1 Å². The lowest BCUT2D eigenvalue weighted by Crippen LogP contribution is -2.23. The first-order valence-electron chi connectivity index (χ1n) is 5.32. The molecule has 9 heteroatoms. The van der Waals surface area contributed by atoms with Crippen LogP contribution in [0, 0.1) is 0 Å². The normalized spacial score (nSPS) is 11.4. The molecule has 0 aliphatic carbocycles. The fourth-order valence-electron chi connectivity index (χ4n) is 1.39. The highest BCUT2D eigenvalue weighted by atomic mass is 79.9. The Hall–Kier alpha value is -1.29. The molecule has 0 amide bonds. The van der Waals surface area contributed by atoms with Crippen molar-refractivity contribution in [3.8, 4) is 0 Å². The summed E-state index contributed by atoms with van der Waals surface area (Å²) < 4.78 is 27.0. The number of halogens is 1. The van der Waals surface area contributed by atoms with Crippen LogP contribution in [0.15, 0.2) is 39.0 Å². The maximum Gasteiger partial charge on any atom is 0.355 e. The second kappa shape index (κ2) is 6.00. The summed E-state index contributed by atoms with van der Waals surface area (Å²) in [5, 5.41) is 10.5. The van der Waals surface area contributed by atoms with Crippen molar-refractivity contribution in [3.05, 3.63) is 44.8 Å². The average molecular weight is 377 g/mol. The second-order valence-corrected chi connectivity index (χ2v) is 7.22. The monoisotopic (exact) mass is 376 g/mol. The van der Waals surface area contributed by atoms with Gasteiger partial charge in [0, 0.05) is 9.85 Å². The summed E-state index contributed by atoms with van der Waals surface area (Å²) >= 11 is 4.26. The van der Waals surface area contributed by atoms with E-state index >= 15 is 0 Å². The molecular weight excluding hydrogens is 368 g/mol. The summed E-state index contributed by atoms with van der Waals surface area (Å²) in [5.41, 5.74) is -0.0925. The van der Waals surface area contributed by atoms with Gasteiger partial charge in [-0.05, 0) is 28.1 Å². The quantitative estimate of drug-likeness (QED) is 0.832. The van der Waals surface area contributed by atoms with Gasteiger partial charge < -0.3 is 5.11 Å². The van der Waals surface area contributed by atoms with Gasteiger partial charge in [0.25, 0.3) is 0 Å². The summed E-state index contributed by atoms with van der Waals surface area (Å²) in [6, 6.07) is 6.42. The number of aromatic carboxylic acids is 1. The van der Waals surface area contributed by atoms with Crippen molar-refractivity contribution in [2.75, 3.05) is 0 Å². The lowest BCUT2D eigenvalue weighted by Gasteiger charge is -2.06. The summed E-state index contributed by atoms with van der Waals surface area (Å²) in [7, 11) is -3.68. The fourth-order valence-corrected chi connectivity index (χ4v) is 4.18. The lowest BCUT2D eigenvalue weighted by atomic mass is 10.4. The molecule has 0 saturated carbocycles. The van der Waals surface area contributed by atoms with Crippen LogP contribution in [0.2, 0.25) is 0 Å². The predicted molar refractivity (Wildman–Crippen MR) is 77.2 cm³/mol. The van der Waals surface area contributed by atoms with Gasteiger partial charge in [0.2, 0.25) is 10.0 Å². The SMILES string of the molecule is O=C(O)c1csc(CNS(=O)(=O)c2ccccc2Br)n1. The largest absolute Gasteiger partial charge is 0.476 e. The van der Waals surface area contributed by atoms with Gasteiger partial charge in [-0.2, -0.15) is 0 Å². The number of hydrogen-bond donors (Lipinski definition) is 2. The second-order valence-electron chi connectivity index (χ2n) is 3.69. The maximum atomic E-state index is 12.1. The van der Waals surface area contributed by atoms with Gasteiger partial charge >= 0.3 is 5.97 Å². The fraction of sp³-hybridized carbons (Fsp3) is 0.0909. The first-order valence-corrected chi connectivity index (χ1v) is 8.47. The van der Waals surface area contributed by atoms with Crippen molar-refractivity contribution in [3.63, 3.8) is 0 Å². The van der Waals surface area contributed by atoms with Gasteiger partial charge in [-0.25, -0.2) is 22.9 Å². The van der Waals surface area contributed by atoms with E-state index in [4.69, 9.17) is 5.11 Å². The highest BCUT2D eigenvalue weighted by Crippen LogP contribution is 2.21. The standard InChI is InChI=1S/C11H9BrN2O4S2/c12-7-3-1-2-4-9(7)20(17,18)13-5-10-14-8(6-19-10)11(15)16/h1-4,6,13H,5H2,(H,15,16). The lowest BCUT2D eigenvalue weighted by molar-refractivity contribution is 0.0691. The maximum absolute atomic E-state index is 12.1. The minimum atomic E-state index is -3.68. The highest BCUT2D eigenvalue weighted by Gasteiger charge is 2.18. The van der Waals surface area contributed by atoms with Crippen molar-refractivity contribution >= 4 is 43.3 Å². The Bertz CT molecular complexity index is 742. The Balaban J connectivity index is 2.13. The first kappa shape index (κ1) is 15.1. The Labute approximate surface area is 127 Å². The number of carboxylic acids is 1. The van der Waals surface area contributed by atoms with E-state index in [1.807, 2.05) is 0 Å². The molecule has 20 heavy (non-hydrogen) atoms. The van der Waals surface area contributed by atoms with Gasteiger partial charge in [-0.15, -0.1) is 11.3 Å². The smallest absolute Gasteiger partial charge is 0.355 e. The number of hydrogen-bond acceptors (Lipinski definition) is 5. The minimum absolute atomic E-state index is 0.0540. The van der Waals surface area contributed by atoms with Gasteiger partial charge in [0.1, 0.15) is 5.01 Å². The third kappa shape index (κ3) is 3.42. The van der Waals surface area contributed by atoms with E-state index in [1.54, 1.807) is 18.2 Å². The highest BCUT2D eigenvalue weighted by molar-refractivity contribution is 9.10. The number of thiazole rings is 1. The van der Waals surface area contributed by atoms with Crippen molar-refractivity contribution < 1.29 is 18.3 Å². The minimum Gasteiger partial charge on any atom is -0.476 e. The van der Waals surface area contributed by atoms with Crippen LogP contribution in [0.25, 0.3) is 0 Å². The first-order chi connectivity index (χ1) is 9.40. The molecule has 106 valence electrons. The molecule has 2 N–H and O–H groups in total. The Morgan fingerprint density at radius 2 is 2.10 bits per heavy atom. The summed E-state index contributed by atoms with van der Waals surface area (Å²) in [5.74, 6) is -1.14. The van der Waals surface area contributed by atoms with Crippen LogP contribution < -0.4 is 4.72 Å². The van der Waals surface area contributed by atoms with Gasteiger partial charge in [-0.3, -0.25) is 0 Å². The summed E-state index contributed by atoms with van der Waals surface area (Å²) in [4.78, 5) is 14.6. The number of nitrogens with zero attached hydrogens (tertiary/aromatic N) is 1. The molecule has 0 spiro atoms. The van der Waals surface area contributed by atoms with E-state index in [0.29, 0.717) is 9.48 Å². The number of carboxylic acid groups (broad SMARTS) is 1. The zero-order chi connectivity index (χ0) is 14.8. The van der Waals surface area contributed by atoms with Crippen molar-refractivity contribution in [1.29, 1.82) is 0 Å². The Morgan fingerprint density at radius 1 is 1.40 bits per heavy atom. The third-order valence-corrected chi connectivity index (χ3v) is 5.57. The van der Waals surface area contributed by atoms with Crippen LogP contribution in [0.1, 0.15) is 15.5 Å². The number of carbonyl (C=O) groups is 1. The average Bonchev–Trinajstić information content (AvgIpc) is 2.86. The molecule has 0 atom stereocenters. The number of nitrogens with one attached hydrogen (secondary N) is 1. The summed E-state index contributed by atoms with van der Waals surface area (Å²) in [6.45, 7) is -0.0540. The molecule has 2 rings (SSSR count). The molecule has 0 bridgehead atoms. The molecule has 0 aliphatic rings. The zero-order valence-electron chi connectivity index (χ0n) is 9.91. The van der Waals surface area contributed by atoms with Crippen LogP contribution in [0.5, 0.6) is 0 Å². The van der Waals surface area contributed by atoms with E-state index in [1.165, 1.54) is 11.4 Å². The van der Waals surface area contributed by atoms with E-state index in [9.17, 15) is 13.2 Å². The van der Waals surface area contributed by atoms with Crippen molar-refractivity contribution in [2.24, 2.45) is 0 Å². The Morgan fingerprint density at radius 3 is 2.70 bits per heavy atom. The molecule has 0 aliphatic heterocycles. The predicted octanol–water partition coefficient (Wildman–Crippen LogP) is 2.08. The summed E-state index contributed by atoms with van der Waals surface area (Å²) in [6.07, 6.45) is 0. The molecule has 2 aromatic rings. The molecular formula is C11H9BrN2O4S2. The molecule has 0 unspecified atom stereocenters. The van der Waals surface area contributed by atoms with Gasteiger partial charge in [0.15, 0.2) is 5.69 Å². The molecule has 0 saturated heterocycles. The van der Waals surface area contributed by atoms with Crippen molar-refractivity contribution in [1.82, 2.24) is 9.71 Å². The zero-order valence-corrected chi connectivity index (χ0v) is 13.1. The van der Waals surface area contributed by atoms with Crippen LogP contribution in [0.4, 0.5) is 0 Å². The van der Waals surface area contributed by atoms with E-state index in [-0.39, 0.29) is 17.1 Å². The molecule has 6 nitrogen and oxygen atoms in total. The number of rotatable bonds is 5. The topological polar surface area (TPSA) is 96.4 Å². The molecule has 0 radical (unpaired) electrons. The van der Waals surface area contributed by atoms with Crippen molar-refractivity contribution in [2.45, 2.75) is 11.4 Å².